The van der Waals surface area contributed by atoms with Gasteiger partial charge in [-0.1, -0.05) is 36.8 Å². The SMILES string of the molecule is O=C(CCCCC(O)c1ccc(-c2cccnc2)cc1)NO. The Kier molecular flexibility index (Phi) is 6.06. The molecule has 0 saturated carbocycles. The maximum atomic E-state index is 10.9. The van der Waals surface area contributed by atoms with Crippen molar-refractivity contribution in [1.29, 1.82) is 0 Å². The van der Waals surface area contributed by atoms with Crippen molar-refractivity contribution in [1.82, 2.24) is 10.5 Å². The highest BCUT2D eigenvalue weighted by atomic mass is 16.5. The molecule has 1 heterocycles. The molecule has 1 amide bonds. The molecular weight excluding hydrogens is 280 g/mol. The number of aliphatic hydroxyl groups is 1. The van der Waals surface area contributed by atoms with Gasteiger partial charge >= 0.3 is 0 Å². The lowest BCUT2D eigenvalue weighted by Crippen LogP contribution is -2.17. The number of pyridine rings is 1. The normalized spacial score (nSPS) is 11.9. The van der Waals surface area contributed by atoms with Crippen molar-refractivity contribution >= 4 is 5.91 Å². The number of nitrogens with zero attached hydrogens (tertiary/aromatic N) is 1. The molecule has 0 saturated heterocycles. The quantitative estimate of drug-likeness (QED) is 0.417. The van der Waals surface area contributed by atoms with Crippen LogP contribution in [0.2, 0.25) is 0 Å². The molecule has 116 valence electrons. The molecule has 1 aromatic carbocycles. The average molecular weight is 300 g/mol. The number of rotatable bonds is 7. The van der Waals surface area contributed by atoms with Crippen LogP contribution in [0.25, 0.3) is 11.1 Å². The van der Waals surface area contributed by atoms with Gasteiger partial charge in [0.25, 0.3) is 0 Å². The summed E-state index contributed by atoms with van der Waals surface area (Å²) in [5.41, 5.74) is 4.56. The number of hydrogen-bond donors (Lipinski definition) is 3. The molecule has 0 aliphatic heterocycles. The van der Waals surface area contributed by atoms with Gasteiger partial charge in [0.2, 0.25) is 5.91 Å². The molecule has 0 aliphatic rings. The number of aromatic nitrogens is 1. The second kappa shape index (κ2) is 8.26. The summed E-state index contributed by atoms with van der Waals surface area (Å²) in [6, 6.07) is 11.6. The third-order valence-electron chi connectivity index (χ3n) is 3.55. The van der Waals surface area contributed by atoms with Crippen LogP contribution in [0.1, 0.15) is 37.4 Å². The van der Waals surface area contributed by atoms with Gasteiger partial charge < -0.3 is 5.11 Å². The van der Waals surface area contributed by atoms with Crippen molar-refractivity contribution in [2.45, 2.75) is 31.8 Å². The van der Waals surface area contributed by atoms with Crippen LogP contribution in [0.5, 0.6) is 0 Å². The zero-order valence-corrected chi connectivity index (χ0v) is 12.3. The number of carbonyl (C=O) groups excluding carboxylic acids is 1. The zero-order valence-electron chi connectivity index (χ0n) is 12.3. The van der Waals surface area contributed by atoms with Crippen molar-refractivity contribution in [3.63, 3.8) is 0 Å². The van der Waals surface area contributed by atoms with Crippen molar-refractivity contribution in [3.05, 3.63) is 54.4 Å². The summed E-state index contributed by atoms with van der Waals surface area (Å²) in [5, 5.41) is 18.5. The summed E-state index contributed by atoms with van der Waals surface area (Å²) in [6.45, 7) is 0. The van der Waals surface area contributed by atoms with Crippen LogP contribution in [0.4, 0.5) is 0 Å². The molecule has 0 radical (unpaired) electrons. The van der Waals surface area contributed by atoms with Crippen molar-refractivity contribution in [3.8, 4) is 11.1 Å². The van der Waals surface area contributed by atoms with Gasteiger partial charge in [-0.3, -0.25) is 15.0 Å². The second-order valence-corrected chi connectivity index (χ2v) is 5.16. The largest absolute Gasteiger partial charge is 0.388 e. The minimum absolute atomic E-state index is 0.267. The predicted octanol–water partition coefficient (Wildman–Crippen LogP) is 2.85. The Morgan fingerprint density at radius 3 is 2.55 bits per heavy atom. The van der Waals surface area contributed by atoms with Crippen LogP contribution in [0, 0.1) is 0 Å². The zero-order chi connectivity index (χ0) is 15.8. The maximum absolute atomic E-state index is 10.9. The first kappa shape index (κ1) is 16.1. The van der Waals surface area contributed by atoms with E-state index in [9.17, 15) is 9.90 Å². The first-order valence-corrected chi connectivity index (χ1v) is 7.32. The Labute approximate surface area is 129 Å². The molecule has 5 nitrogen and oxygen atoms in total. The highest BCUT2D eigenvalue weighted by Crippen LogP contribution is 2.24. The number of carbonyl (C=O) groups is 1. The molecule has 5 heteroatoms. The van der Waals surface area contributed by atoms with Gasteiger partial charge in [0.15, 0.2) is 0 Å². The van der Waals surface area contributed by atoms with E-state index >= 15 is 0 Å². The van der Waals surface area contributed by atoms with E-state index in [0.717, 1.165) is 23.1 Å². The van der Waals surface area contributed by atoms with Crippen LogP contribution in [0.15, 0.2) is 48.8 Å². The van der Waals surface area contributed by atoms with E-state index in [2.05, 4.69) is 4.98 Å². The molecule has 0 spiro atoms. The van der Waals surface area contributed by atoms with Crippen LogP contribution in [-0.2, 0) is 4.79 Å². The van der Waals surface area contributed by atoms with E-state index in [1.807, 2.05) is 36.4 Å². The summed E-state index contributed by atoms with van der Waals surface area (Å²) in [4.78, 5) is 15.0. The van der Waals surface area contributed by atoms with Gasteiger partial charge in [0, 0.05) is 18.8 Å². The van der Waals surface area contributed by atoms with Gasteiger partial charge in [-0.15, -0.1) is 0 Å². The fraction of sp³-hybridized carbons (Fsp3) is 0.294. The minimum Gasteiger partial charge on any atom is -0.388 e. The molecule has 1 aromatic heterocycles. The van der Waals surface area contributed by atoms with Gasteiger partial charge in [-0.2, -0.15) is 0 Å². The molecule has 2 aromatic rings. The predicted molar refractivity (Wildman–Crippen MR) is 83.0 cm³/mol. The number of unbranched alkanes of at least 4 members (excludes halogenated alkanes) is 1. The molecule has 2 rings (SSSR count). The Bertz CT molecular complexity index is 585. The molecular formula is C17H20N2O3. The molecule has 0 bridgehead atoms. The van der Waals surface area contributed by atoms with E-state index in [1.54, 1.807) is 17.9 Å². The van der Waals surface area contributed by atoms with Gasteiger partial charge in [0.1, 0.15) is 0 Å². The fourth-order valence-electron chi connectivity index (χ4n) is 2.28. The number of benzene rings is 1. The first-order chi connectivity index (χ1) is 10.7. The smallest absolute Gasteiger partial charge is 0.243 e. The Balaban J connectivity index is 1.86. The third-order valence-corrected chi connectivity index (χ3v) is 3.55. The molecule has 22 heavy (non-hydrogen) atoms. The summed E-state index contributed by atoms with van der Waals surface area (Å²) in [7, 11) is 0. The van der Waals surface area contributed by atoms with Crippen LogP contribution in [-0.4, -0.2) is 21.2 Å². The Morgan fingerprint density at radius 2 is 1.91 bits per heavy atom. The maximum Gasteiger partial charge on any atom is 0.243 e. The standard InChI is InChI=1S/C17H20N2O3/c20-16(5-1-2-6-17(21)19-22)14-9-7-13(8-10-14)15-4-3-11-18-12-15/h3-4,7-12,16,20,22H,1-2,5-6H2,(H,19,21). The second-order valence-electron chi connectivity index (χ2n) is 5.16. The molecule has 1 unspecified atom stereocenters. The lowest BCUT2D eigenvalue weighted by molar-refractivity contribution is -0.129. The van der Waals surface area contributed by atoms with Crippen molar-refractivity contribution in [2.75, 3.05) is 0 Å². The minimum atomic E-state index is -0.542. The number of hydroxylamine groups is 1. The van der Waals surface area contributed by atoms with Crippen molar-refractivity contribution in [2.24, 2.45) is 0 Å². The number of amides is 1. The topological polar surface area (TPSA) is 82.5 Å². The first-order valence-electron chi connectivity index (χ1n) is 7.32. The van der Waals surface area contributed by atoms with E-state index in [0.29, 0.717) is 12.8 Å². The Hall–Kier alpha value is -2.24. The van der Waals surface area contributed by atoms with E-state index < -0.39 is 12.0 Å². The van der Waals surface area contributed by atoms with Crippen LogP contribution < -0.4 is 5.48 Å². The molecule has 1 atom stereocenters. The number of nitrogens with one attached hydrogen (secondary N) is 1. The van der Waals surface area contributed by atoms with Gasteiger partial charge in [-0.05, 0) is 35.6 Å². The molecule has 0 aliphatic carbocycles. The number of hydrogen-bond acceptors (Lipinski definition) is 4. The molecule has 3 N–H and O–H groups in total. The van der Waals surface area contributed by atoms with Crippen molar-refractivity contribution < 1.29 is 15.1 Å². The summed E-state index contributed by atoms with van der Waals surface area (Å²) in [5.74, 6) is -0.393. The average Bonchev–Trinajstić information content (AvgIpc) is 2.59. The van der Waals surface area contributed by atoms with Crippen LogP contribution >= 0.6 is 0 Å². The van der Waals surface area contributed by atoms with E-state index in [4.69, 9.17) is 5.21 Å². The van der Waals surface area contributed by atoms with Gasteiger partial charge in [0.05, 0.1) is 6.10 Å². The lowest BCUT2D eigenvalue weighted by atomic mass is 10.00. The monoisotopic (exact) mass is 300 g/mol. The highest BCUT2D eigenvalue weighted by molar-refractivity contribution is 5.74. The summed E-state index contributed by atoms with van der Waals surface area (Å²) in [6.07, 6.45) is 5.21. The van der Waals surface area contributed by atoms with E-state index in [1.165, 1.54) is 0 Å². The van der Waals surface area contributed by atoms with E-state index in [-0.39, 0.29) is 6.42 Å². The summed E-state index contributed by atoms with van der Waals surface area (Å²) >= 11 is 0. The highest BCUT2D eigenvalue weighted by Gasteiger charge is 2.08. The number of aliphatic hydroxyl groups excluding tert-OH is 1. The molecule has 0 fully saturated rings. The van der Waals surface area contributed by atoms with Gasteiger partial charge in [-0.25, -0.2) is 5.48 Å². The third kappa shape index (κ3) is 4.65. The Morgan fingerprint density at radius 1 is 1.14 bits per heavy atom. The lowest BCUT2D eigenvalue weighted by Gasteiger charge is -2.11. The van der Waals surface area contributed by atoms with Crippen LogP contribution in [0.3, 0.4) is 0 Å². The summed E-state index contributed by atoms with van der Waals surface area (Å²) < 4.78 is 0. The fourth-order valence-corrected chi connectivity index (χ4v) is 2.28.